The average molecular weight is 264 g/mol. The first-order chi connectivity index (χ1) is 8.01. The fraction of sp³-hybridized carbons (Fsp3) is 0.455. The third-order valence-corrected chi connectivity index (χ3v) is 2.54. The predicted octanol–water partition coefficient (Wildman–Crippen LogP) is 2.56. The Morgan fingerprint density at radius 2 is 2.18 bits per heavy atom. The van der Waals surface area contributed by atoms with Crippen molar-refractivity contribution in [2.75, 3.05) is 13.2 Å². The molecular formula is C11H11F3O2S. The Labute approximate surface area is 101 Å². The summed E-state index contributed by atoms with van der Waals surface area (Å²) in [6, 6.07) is 1.69. The lowest BCUT2D eigenvalue weighted by Gasteiger charge is -2.05. The number of hydrogen-bond acceptors (Lipinski definition) is 3. The van der Waals surface area contributed by atoms with Crippen LogP contribution in [0.4, 0.5) is 13.2 Å². The molecule has 0 amide bonds. The molecule has 1 N–H and O–H groups in total. The molecule has 0 unspecified atom stereocenters. The Balaban J connectivity index is 2.39. The quantitative estimate of drug-likeness (QED) is 0.847. The van der Waals surface area contributed by atoms with Gasteiger partial charge in [-0.3, -0.25) is 0 Å². The van der Waals surface area contributed by atoms with Crippen molar-refractivity contribution in [3.05, 3.63) is 21.9 Å². The third-order valence-electron chi connectivity index (χ3n) is 1.63. The first kappa shape index (κ1) is 14.0. The molecule has 1 heterocycles. The van der Waals surface area contributed by atoms with Gasteiger partial charge >= 0.3 is 6.18 Å². The molecule has 0 bridgehead atoms. The monoisotopic (exact) mass is 264 g/mol. The number of thiophene rings is 1. The second-order valence-electron chi connectivity index (χ2n) is 3.19. The maximum absolute atomic E-state index is 11.8. The largest absolute Gasteiger partial charge is 0.411 e. The summed E-state index contributed by atoms with van der Waals surface area (Å²) < 4.78 is 39.9. The van der Waals surface area contributed by atoms with Gasteiger partial charge in [0.15, 0.2) is 0 Å². The van der Waals surface area contributed by atoms with Crippen LogP contribution >= 0.6 is 11.3 Å². The summed E-state index contributed by atoms with van der Waals surface area (Å²) in [6.45, 7) is -1.30. The van der Waals surface area contributed by atoms with E-state index in [1.54, 1.807) is 11.4 Å². The molecule has 2 nitrogen and oxygen atoms in total. The van der Waals surface area contributed by atoms with Crippen LogP contribution in [-0.4, -0.2) is 24.5 Å². The van der Waals surface area contributed by atoms with Crippen molar-refractivity contribution in [3.8, 4) is 11.8 Å². The fourth-order valence-electron chi connectivity index (χ4n) is 1.01. The van der Waals surface area contributed by atoms with E-state index in [0.717, 1.165) is 5.56 Å². The van der Waals surface area contributed by atoms with Gasteiger partial charge < -0.3 is 9.84 Å². The Morgan fingerprint density at radius 1 is 1.41 bits per heavy atom. The maximum Gasteiger partial charge on any atom is 0.411 e. The summed E-state index contributed by atoms with van der Waals surface area (Å²) in [6.07, 6.45) is -3.91. The number of ether oxygens (including phenoxy) is 1. The Kier molecular flexibility index (Phi) is 5.48. The lowest BCUT2D eigenvalue weighted by Crippen LogP contribution is -2.16. The van der Waals surface area contributed by atoms with Gasteiger partial charge in [-0.2, -0.15) is 13.2 Å². The second kappa shape index (κ2) is 6.64. The number of hydrogen-bond donors (Lipinski definition) is 1. The van der Waals surface area contributed by atoms with E-state index in [-0.39, 0.29) is 13.2 Å². The van der Waals surface area contributed by atoms with Gasteiger partial charge in [0, 0.05) is 22.2 Å². The summed E-state index contributed by atoms with van der Waals surface area (Å²) in [5, 5.41) is 10.3. The first-order valence-electron chi connectivity index (χ1n) is 4.83. The minimum Gasteiger partial charge on any atom is -0.395 e. The standard InChI is InChI=1S/C11H11F3O2S/c12-11(13,14)8-16-6-10-5-9(7-17-10)3-1-2-4-15/h5,7,15H,2,4,6,8H2. The van der Waals surface area contributed by atoms with Crippen LogP contribution in [0.15, 0.2) is 11.4 Å². The zero-order chi connectivity index (χ0) is 12.7. The number of aliphatic hydroxyl groups excluding tert-OH is 1. The van der Waals surface area contributed by atoms with Crippen molar-refractivity contribution >= 4 is 11.3 Å². The fourth-order valence-corrected chi connectivity index (χ4v) is 1.76. The van der Waals surface area contributed by atoms with Crippen LogP contribution in [0.5, 0.6) is 0 Å². The molecule has 0 saturated carbocycles. The van der Waals surface area contributed by atoms with Gasteiger partial charge in [-0.15, -0.1) is 11.3 Å². The zero-order valence-electron chi connectivity index (χ0n) is 8.88. The number of aliphatic hydroxyl groups is 1. The molecule has 0 aliphatic rings. The van der Waals surface area contributed by atoms with E-state index in [9.17, 15) is 13.2 Å². The molecule has 0 aliphatic heterocycles. The molecular weight excluding hydrogens is 253 g/mol. The Bertz CT molecular complexity index is 401. The molecule has 1 aromatic rings. The van der Waals surface area contributed by atoms with Crippen molar-refractivity contribution in [1.82, 2.24) is 0 Å². The predicted molar refractivity (Wildman–Crippen MR) is 58.6 cm³/mol. The minimum absolute atomic E-state index is 0.00130. The van der Waals surface area contributed by atoms with E-state index in [0.29, 0.717) is 11.3 Å². The smallest absolute Gasteiger partial charge is 0.395 e. The maximum atomic E-state index is 11.8. The van der Waals surface area contributed by atoms with Gasteiger partial charge in [0.05, 0.1) is 13.2 Å². The highest BCUT2D eigenvalue weighted by Gasteiger charge is 2.27. The zero-order valence-corrected chi connectivity index (χ0v) is 9.70. The van der Waals surface area contributed by atoms with E-state index in [2.05, 4.69) is 16.6 Å². The Morgan fingerprint density at radius 3 is 2.82 bits per heavy atom. The van der Waals surface area contributed by atoms with E-state index in [4.69, 9.17) is 5.11 Å². The van der Waals surface area contributed by atoms with Crippen molar-refractivity contribution < 1.29 is 23.0 Å². The van der Waals surface area contributed by atoms with Crippen molar-refractivity contribution in [2.45, 2.75) is 19.2 Å². The summed E-state index contributed by atoms with van der Waals surface area (Å²) in [7, 11) is 0. The topological polar surface area (TPSA) is 29.5 Å². The van der Waals surface area contributed by atoms with Crippen molar-refractivity contribution in [3.63, 3.8) is 0 Å². The van der Waals surface area contributed by atoms with Crippen LogP contribution in [0.3, 0.4) is 0 Å². The van der Waals surface area contributed by atoms with Crippen LogP contribution in [-0.2, 0) is 11.3 Å². The highest BCUT2D eigenvalue weighted by molar-refractivity contribution is 7.10. The first-order valence-corrected chi connectivity index (χ1v) is 5.71. The molecule has 6 heteroatoms. The van der Waals surface area contributed by atoms with Crippen LogP contribution in [0.25, 0.3) is 0 Å². The molecule has 17 heavy (non-hydrogen) atoms. The van der Waals surface area contributed by atoms with Gasteiger partial charge in [0.2, 0.25) is 0 Å². The summed E-state index contributed by atoms with van der Waals surface area (Å²) >= 11 is 1.30. The minimum atomic E-state index is -4.29. The van der Waals surface area contributed by atoms with Crippen LogP contribution < -0.4 is 0 Å². The third kappa shape index (κ3) is 6.31. The molecule has 1 aromatic heterocycles. The Hall–Kier alpha value is -1.03. The molecule has 94 valence electrons. The van der Waals surface area contributed by atoms with Crippen LogP contribution in [0, 0.1) is 11.8 Å². The molecule has 0 aliphatic carbocycles. The van der Waals surface area contributed by atoms with Gasteiger partial charge in [0.1, 0.15) is 6.61 Å². The molecule has 0 spiro atoms. The highest BCUT2D eigenvalue weighted by Crippen LogP contribution is 2.18. The van der Waals surface area contributed by atoms with Crippen molar-refractivity contribution in [1.29, 1.82) is 0 Å². The van der Waals surface area contributed by atoms with Gasteiger partial charge in [-0.25, -0.2) is 0 Å². The molecule has 1 rings (SSSR count). The second-order valence-corrected chi connectivity index (χ2v) is 4.18. The van der Waals surface area contributed by atoms with E-state index >= 15 is 0 Å². The van der Waals surface area contributed by atoms with Crippen LogP contribution in [0.1, 0.15) is 16.9 Å². The van der Waals surface area contributed by atoms with Gasteiger partial charge in [-0.05, 0) is 6.07 Å². The summed E-state index contributed by atoms with van der Waals surface area (Å²) in [4.78, 5) is 0.697. The van der Waals surface area contributed by atoms with Crippen molar-refractivity contribution in [2.24, 2.45) is 0 Å². The van der Waals surface area contributed by atoms with E-state index in [1.807, 2.05) is 0 Å². The van der Waals surface area contributed by atoms with Gasteiger partial charge in [-0.1, -0.05) is 11.8 Å². The molecule has 0 radical (unpaired) electrons. The van der Waals surface area contributed by atoms with E-state index in [1.165, 1.54) is 11.3 Å². The number of rotatable bonds is 4. The SMILES string of the molecule is OCCC#Cc1csc(COCC(F)(F)F)c1. The molecule has 0 saturated heterocycles. The normalized spacial score (nSPS) is 11.1. The number of halogens is 3. The molecule has 0 aromatic carbocycles. The lowest BCUT2D eigenvalue weighted by atomic mass is 10.3. The highest BCUT2D eigenvalue weighted by atomic mass is 32.1. The van der Waals surface area contributed by atoms with Gasteiger partial charge in [0.25, 0.3) is 0 Å². The summed E-state index contributed by atoms with van der Waals surface area (Å²) in [5.74, 6) is 5.53. The summed E-state index contributed by atoms with van der Waals surface area (Å²) in [5.41, 5.74) is 0.731. The molecule has 0 fully saturated rings. The average Bonchev–Trinajstić information content (AvgIpc) is 2.64. The lowest BCUT2D eigenvalue weighted by molar-refractivity contribution is -0.176. The van der Waals surface area contributed by atoms with Crippen LogP contribution in [0.2, 0.25) is 0 Å². The molecule has 0 atom stereocenters. The number of alkyl halides is 3. The van der Waals surface area contributed by atoms with E-state index < -0.39 is 12.8 Å².